The molecule has 0 aliphatic carbocycles. The van der Waals surface area contributed by atoms with Crippen molar-refractivity contribution >= 4 is 17.4 Å². The fraction of sp³-hybridized carbons (Fsp3) is 0.300. The summed E-state index contributed by atoms with van der Waals surface area (Å²) in [6.07, 6.45) is -6.98. The molecule has 2 aromatic carbocycles. The van der Waals surface area contributed by atoms with E-state index < -0.39 is 46.5 Å². The fourth-order valence-electron chi connectivity index (χ4n) is 2.90. The van der Waals surface area contributed by atoms with Gasteiger partial charge in [0.15, 0.2) is 0 Å². The lowest BCUT2D eigenvalue weighted by atomic mass is 9.92. The summed E-state index contributed by atoms with van der Waals surface area (Å²) in [5.74, 6) is -2.21. The Kier molecular flexibility index (Phi) is 6.93. The van der Waals surface area contributed by atoms with Crippen LogP contribution in [0, 0.1) is 10.1 Å². The molecular weight excluding hydrogens is 407 g/mol. The summed E-state index contributed by atoms with van der Waals surface area (Å²) in [7, 11) is 0.730. The first kappa shape index (κ1) is 23.0. The second kappa shape index (κ2) is 9.04. The number of non-ortho nitro benzene ring substituents is 1. The zero-order valence-corrected chi connectivity index (χ0v) is 16.0. The Morgan fingerprint density at radius 1 is 1.07 bits per heavy atom. The van der Waals surface area contributed by atoms with Crippen LogP contribution in [0.5, 0.6) is 0 Å². The van der Waals surface area contributed by atoms with Gasteiger partial charge in [0, 0.05) is 31.2 Å². The number of halogens is 3. The third kappa shape index (κ3) is 4.65. The molecule has 0 amide bonds. The third-order valence-corrected chi connectivity index (χ3v) is 4.37. The van der Waals surface area contributed by atoms with E-state index in [0.717, 1.165) is 31.4 Å². The Bertz CT molecular complexity index is 914. The van der Waals surface area contributed by atoms with Crippen molar-refractivity contribution in [3.8, 4) is 0 Å². The molecule has 0 heterocycles. The minimum atomic E-state index is -5.17. The second-order valence-electron chi connectivity index (χ2n) is 6.40. The van der Waals surface area contributed by atoms with E-state index in [-0.39, 0.29) is 11.3 Å². The summed E-state index contributed by atoms with van der Waals surface area (Å²) in [6.45, 7) is 1.18. The lowest BCUT2D eigenvalue weighted by Gasteiger charge is -2.33. The summed E-state index contributed by atoms with van der Waals surface area (Å²) < 4.78 is 51.8. The number of hydrogen-bond donors (Lipinski definition) is 0. The lowest BCUT2D eigenvalue weighted by Crippen LogP contribution is -2.52. The van der Waals surface area contributed by atoms with Crippen molar-refractivity contribution in [2.45, 2.75) is 31.2 Å². The van der Waals surface area contributed by atoms with Crippen molar-refractivity contribution < 1.29 is 37.2 Å². The average molecular weight is 425 g/mol. The number of hydrogen-bond acceptors (Lipinski definition) is 6. The molecular formula is C20H18F3NO6. The highest BCUT2D eigenvalue weighted by Crippen LogP contribution is 2.44. The van der Waals surface area contributed by atoms with Crippen molar-refractivity contribution in [2.24, 2.45) is 0 Å². The molecule has 2 rings (SSSR count). The molecule has 2 aromatic rings. The average Bonchev–Trinajstić information content (AvgIpc) is 2.68. The van der Waals surface area contributed by atoms with Crippen molar-refractivity contribution in [1.29, 1.82) is 0 Å². The molecule has 7 nitrogen and oxygen atoms in total. The summed E-state index contributed by atoms with van der Waals surface area (Å²) in [6, 6.07) is 10.9. The standard InChI is InChI=1S/C20H18F3NO6/c1-13(25)12-17(14-8-10-16(11-9-14)24(27)28)30-18(26)19(29-2,20(21,22)23)15-6-4-3-5-7-15/h3-11,17H,12H2,1-2H3/t17-,19+/m1/s1. The first-order valence-electron chi connectivity index (χ1n) is 8.65. The smallest absolute Gasteiger partial charge is 0.432 e. The van der Waals surface area contributed by atoms with Gasteiger partial charge in [-0.1, -0.05) is 30.3 Å². The molecule has 0 saturated carbocycles. The van der Waals surface area contributed by atoms with Crippen LogP contribution >= 0.6 is 0 Å². The van der Waals surface area contributed by atoms with E-state index in [2.05, 4.69) is 4.74 Å². The minimum absolute atomic E-state index is 0.129. The molecule has 0 aliphatic heterocycles. The van der Waals surface area contributed by atoms with Gasteiger partial charge in [-0.05, 0) is 24.6 Å². The lowest BCUT2D eigenvalue weighted by molar-refractivity contribution is -0.384. The van der Waals surface area contributed by atoms with Crippen molar-refractivity contribution in [3.63, 3.8) is 0 Å². The van der Waals surface area contributed by atoms with Gasteiger partial charge in [0.1, 0.15) is 11.9 Å². The zero-order valence-electron chi connectivity index (χ0n) is 16.0. The molecule has 0 bridgehead atoms. The molecule has 0 saturated heterocycles. The Labute approximate surface area is 169 Å². The Hall–Kier alpha value is -3.27. The number of rotatable bonds is 8. The largest absolute Gasteiger partial charge is 0.454 e. The molecule has 0 N–H and O–H groups in total. The number of nitrogens with zero attached hydrogens (tertiary/aromatic N) is 1. The van der Waals surface area contributed by atoms with Gasteiger partial charge in [0.2, 0.25) is 0 Å². The van der Waals surface area contributed by atoms with E-state index in [9.17, 15) is 32.9 Å². The van der Waals surface area contributed by atoms with Crippen molar-refractivity contribution in [3.05, 3.63) is 75.8 Å². The number of nitro groups is 1. The van der Waals surface area contributed by atoms with Gasteiger partial charge in [-0.15, -0.1) is 0 Å². The molecule has 0 radical (unpaired) electrons. The predicted octanol–water partition coefficient (Wildman–Crippen LogP) is 4.26. The van der Waals surface area contributed by atoms with Crippen LogP contribution in [0.1, 0.15) is 30.6 Å². The normalized spacial score (nSPS) is 14.4. The zero-order chi connectivity index (χ0) is 22.5. The van der Waals surface area contributed by atoms with Gasteiger partial charge in [0.05, 0.1) is 4.92 Å². The van der Waals surface area contributed by atoms with E-state index in [1.165, 1.54) is 37.3 Å². The summed E-state index contributed by atoms with van der Waals surface area (Å²) >= 11 is 0. The Morgan fingerprint density at radius 3 is 2.07 bits per heavy atom. The highest BCUT2D eigenvalue weighted by atomic mass is 19.4. The SMILES string of the molecule is CO[C@](C(=O)O[C@H](CC(C)=O)c1ccc([N+](=O)[O-])cc1)(c1ccccc1)C(F)(F)F. The van der Waals surface area contributed by atoms with Crippen LogP contribution in [0.4, 0.5) is 18.9 Å². The van der Waals surface area contributed by atoms with Gasteiger partial charge in [0.25, 0.3) is 11.3 Å². The van der Waals surface area contributed by atoms with Gasteiger partial charge in [-0.2, -0.15) is 13.2 Å². The van der Waals surface area contributed by atoms with E-state index in [1.54, 1.807) is 0 Å². The highest BCUT2D eigenvalue weighted by Gasteiger charge is 2.64. The number of carbonyl (C=O) groups is 2. The molecule has 0 fully saturated rings. The van der Waals surface area contributed by atoms with E-state index >= 15 is 0 Å². The maximum atomic E-state index is 14.0. The molecule has 160 valence electrons. The van der Waals surface area contributed by atoms with Gasteiger partial charge < -0.3 is 9.47 Å². The summed E-state index contributed by atoms with van der Waals surface area (Å²) in [5, 5.41) is 10.8. The third-order valence-electron chi connectivity index (χ3n) is 4.37. The number of ether oxygens (including phenoxy) is 2. The Morgan fingerprint density at radius 2 is 1.63 bits per heavy atom. The molecule has 0 unspecified atom stereocenters. The number of nitro benzene ring substituents is 1. The molecule has 30 heavy (non-hydrogen) atoms. The van der Waals surface area contributed by atoms with Crippen LogP contribution in [0.3, 0.4) is 0 Å². The maximum Gasteiger partial charge on any atom is 0.432 e. The van der Waals surface area contributed by atoms with Crippen LogP contribution in [0.2, 0.25) is 0 Å². The maximum absolute atomic E-state index is 14.0. The summed E-state index contributed by atoms with van der Waals surface area (Å²) in [5.41, 5.74) is -4.04. The van der Waals surface area contributed by atoms with Crippen LogP contribution in [0.15, 0.2) is 54.6 Å². The monoisotopic (exact) mass is 425 g/mol. The number of ketones is 1. The fourth-order valence-corrected chi connectivity index (χ4v) is 2.90. The highest BCUT2D eigenvalue weighted by molar-refractivity contribution is 5.83. The minimum Gasteiger partial charge on any atom is -0.454 e. The molecule has 10 heteroatoms. The van der Waals surface area contributed by atoms with Crippen molar-refractivity contribution in [1.82, 2.24) is 0 Å². The number of benzene rings is 2. The first-order chi connectivity index (χ1) is 14.0. The first-order valence-corrected chi connectivity index (χ1v) is 8.65. The van der Waals surface area contributed by atoms with Crippen LogP contribution in [0.25, 0.3) is 0 Å². The van der Waals surface area contributed by atoms with E-state index in [4.69, 9.17) is 4.74 Å². The van der Waals surface area contributed by atoms with Crippen molar-refractivity contribution in [2.75, 3.05) is 7.11 Å². The molecule has 0 spiro atoms. The van der Waals surface area contributed by atoms with Crippen LogP contribution < -0.4 is 0 Å². The molecule has 0 aromatic heterocycles. The van der Waals surface area contributed by atoms with Crippen LogP contribution in [-0.4, -0.2) is 30.0 Å². The quantitative estimate of drug-likeness (QED) is 0.356. The number of esters is 1. The molecule has 0 aliphatic rings. The predicted molar refractivity (Wildman–Crippen MR) is 98.4 cm³/mol. The Balaban J connectivity index is 2.47. The second-order valence-corrected chi connectivity index (χ2v) is 6.40. The van der Waals surface area contributed by atoms with Gasteiger partial charge in [-0.3, -0.25) is 14.9 Å². The number of alkyl halides is 3. The van der Waals surface area contributed by atoms with Gasteiger partial charge in [-0.25, -0.2) is 4.79 Å². The van der Waals surface area contributed by atoms with E-state index in [1.807, 2.05) is 0 Å². The number of Topliss-reactive ketones (excluding diaryl/α,β-unsaturated/α-hetero) is 1. The van der Waals surface area contributed by atoms with E-state index in [0.29, 0.717) is 0 Å². The van der Waals surface area contributed by atoms with Gasteiger partial charge >= 0.3 is 12.1 Å². The topological polar surface area (TPSA) is 95.7 Å². The number of methoxy groups -OCH3 is 1. The number of carbonyl (C=O) groups excluding carboxylic acids is 2. The summed E-state index contributed by atoms with van der Waals surface area (Å²) in [4.78, 5) is 34.6. The molecule has 2 atom stereocenters. The van der Waals surface area contributed by atoms with Crippen LogP contribution in [-0.2, 0) is 24.7 Å².